The minimum atomic E-state index is -0.405. The average Bonchev–Trinajstić information content (AvgIpc) is 3.34. The lowest BCUT2D eigenvalue weighted by Crippen LogP contribution is -2.22. The van der Waals surface area contributed by atoms with Crippen molar-refractivity contribution in [3.63, 3.8) is 0 Å². The summed E-state index contributed by atoms with van der Waals surface area (Å²) < 4.78 is 6.62. The minimum Gasteiger partial charge on any atom is -0.496 e. The lowest BCUT2D eigenvalue weighted by atomic mass is 9.90. The highest BCUT2D eigenvalue weighted by Crippen LogP contribution is 2.48. The van der Waals surface area contributed by atoms with Crippen LogP contribution in [0.25, 0.3) is 11.3 Å². The zero-order valence-corrected chi connectivity index (χ0v) is 19.2. The van der Waals surface area contributed by atoms with Gasteiger partial charge in [0.2, 0.25) is 5.91 Å². The standard InChI is InChI=1S/C25H19BrN2O2S/c1-30-19-13-12-18(26)17-14-20-23(22(17)19)27-25(31-20)28-24(29)21(15-8-4-2-5-9-15)16-10-6-3-7-11-16/h2-13,21H,14H2,1H3,(H,27,28,29). The van der Waals surface area contributed by atoms with Crippen LogP contribution < -0.4 is 10.1 Å². The second kappa shape index (κ2) is 8.29. The van der Waals surface area contributed by atoms with Crippen LogP contribution in [0, 0.1) is 0 Å². The van der Waals surface area contributed by atoms with Gasteiger partial charge in [-0.1, -0.05) is 76.6 Å². The van der Waals surface area contributed by atoms with Gasteiger partial charge in [0.05, 0.1) is 18.7 Å². The van der Waals surface area contributed by atoms with E-state index in [4.69, 9.17) is 9.72 Å². The molecule has 0 spiro atoms. The number of carbonyl (C=O) groups excluding carboxylic acids is 1. The Kier molecular flexibility index (Phi) is 5.34. The van der Waals surface area contributed by atoms with E-state index >= 15 is 0 Å². The summed E-state index contributed by atoms with van der Waals surface area (Å²) in [5.41, 5.74) is 4.98. The Balaban J connectivity index is 1.48. The first kappa shape index (κ1) is 20.0. The zero-order valence-electron chi connectivity index (χ0n) is 16.8. The first-order chi connectivity index (χ1) is 15.2. The molecule has 0 radical (unpaired) electrons. The number of methoxy groups -OCH3 is 1. The molecule has 4 nitrogen and oxygen atoms in total. The maximum Gasteiger partial charge on any atom is 0.238 e. The maximum atomic E-state index is 13.4. The molecular formula is C25H19BrN2O2S. The summed E-state index contributed by atoms with van der Waals surface area (Å²) >= 11 is 5.16. The lowest BCUT2D eigenvalue weighted by Gasteiger charge is -2.17. The molecule has 1 aromatic heterocycles. The fourth-order valence-electron chi connectivity index (χ4n) is 4.05. The Bertz CT molecular complexity index is 1220. The molecule has 0 saturated carbocycles. The van der Waals surface area contributed by atoms with Crippen molar-refractivity contribution in [3.05, 3.63) is 98.8 Å². The molecule has 0 saturated heterocycles. The first-order valence-corrected chi connectivity index (χ1v) is 11.5. The number of hydrogen-bond acceptors (Lipinski definition) is 4. The molecular weight excluding hydrogens is 472 g/mol. The minimum absolute atomic E-state index is 0.0914. The average molecular weight is 491 g/mol. The largest absolute Gasteiger partial charge is 0.496 e. The number of nitrogens with one attached hydrogen (secondary N) is 1. The first-order valence-electron chi connectivity index (χ1n) is 9.92. The summed E-state index contributed by atoms with van der Waals surface area (Å²) in [5.74, 6) is 0.301. The zero-order chi connectivity index (χ0) is 21.4. The SMILES string of the molecule is COc1ccc(Br)c2c1-c1nc(NC(=O)C(c3ccccc3)c3ccccc3)sc1C2. The molecule has 1 amide bonds. The molecule has 5 rings (SSSR count). The van der Waals surface area contributed by atoms with E-state index in [1.165, 1.54) is 16.9 Å². The normalized spacial score (nSPS) is 11.8. The van der Waals surface area contributed by atoms with Gasteiger partial charge >= 0.3 is 0 Å². The van der Waals surface area contributed by atoms with Crippen molar-refractivity contribution in [2.75, 3.05) is 12.4 Å². The number of hydrogen-bond donors (Lipinski definition) is 1. The van der Waals surface area contributed by atoms with Crippen LogP contribution in [0.2, 0.25) is 0 Å². The molecule has 3 aromatic carbocycles. The Hall–Kier alpha value is -2.96. The third kappa shape index (κ3) is 3.66. The van der Waals surface area contributed by atoms with Crippen LogP contribution in [-0.4, -0.2) is 18.0 Å². The number of carbonyl (C=O) groups is 1. The number of ether oxygens (including phenoxy) is 1. The van der Waals surface area contributed by atoms with E-state index in [0.717, 1.165) is 43.9 Å². The number of halogens is 1. The number of nitrogens with zero attached hydrogens (tertiary/aromatic N) is 1. The van der Waals surface area contributed by atoms with Gasteiger partial charge in [-0.05, 0) is 28.8 Å². The molecule has 0 aliphatic heterocycles. The lowest BCUT2D eigenvalue weighted by molar-refractivity contribution is -0.116. The highest BCUT2D eigenvalue weighted by Gasteiger charge is 2.30. The predicted molar refractivity (Wildman–Crippen MR) is 128 cm³/mol. The van der Waals surface area contributed by atoms with Crippen molar-refractivity contribution in [1.29, 1.82) is 0 Å². The van der Waals surface area contributed by atoms with Crippen molar-refractivity contribution in [1.82, 2.24) is 4.98 Å². The quantitative estimate of drug-likeness (QED) is 0.316. The maximum absolute atomic E-state index is 13.4. The van der Waals surface area contributed by atoms with Crippen LogP contribution in [0.5, 0.6) is 5.75 Å². The second-order valence-electron chi connectivity index (χ2n) is 7.31. The van der Waals surface area contributed by atoms with E-state index in [-0.39, 0.29) is 5.91 Å². The van der Waals surface area contributed by atoms with E-state index in [2.05, 4.69) is 21.2 Å². The van der Waals surface area contributed by atoms with Gasteiger partial charge in [-0.3, -0.25) is 4.79 Å². The van der Waals surface area contributed by atoms with Gasteiger partial charge in [-0.2, -0.15) is 0 Å². The molecule has 0 atom stereocenters. The fraction of sp³-hybridized carbons (Fsp3) is 0.120. The van der Waals surface area contributed by atoms with Gasteiger partial charge in [0.25, 0.3) is 0 Å². The molecule has 31 heavy (non-hydrogen) atoms. The van der Waals surface area contributed by atoms with Crippen molar-refractivity contribution < 1.29 is 9.53 Å². The summed E-state index contributed by atoms with van der Waals surface area (Å²) in [5, 5.41) is 3.68. The van der Waals surface area contributed by atoms with E-state index in [1.54, 1.807) is 7.11 Å². The summed E-state index contributed by atoms with van der Waals surface area (Å²) in [6.07, 6.45) is 0.775. The summed E-state index contributed by atoms with van der Waals surface area (Å²) in [7, 11) is 1.67. The van der Waals surface area contributed by atoms with Crippen LogP contribution in [0.15, 0.2) is 77.3 Å². The van der Waals surface area contributed by atoms with E-state index < -0.39 is 5.92 Å². The number of thiazole rings is 1. The van der Waals surface area contributed by atoms with Gasteiger partial charge in [-0.15, -0.1) is 11.3 Å². The third-order valence-corrected chi connectivity index (χ3v) is 7.18. The van der Waals surface area contributed by atoms with Crippen molar-refractivity contribution in [2.45, 2.75) is 12.3 Å². The Morgan fingerprint density at radius 2 is 1.68 bits per heavy atom. The molecule has 0 bridgehead atoms. The molecule has 6 heteroatoms. The predicted octanol–water partition coefficient (Wildman–Crippen LogP) is 6.26. The fourth-order valence-corrected chi connectivity index (χ4v) is 5.50. The van der Waals surface area contributed by atoms with Crippen molar-refractivity contribution >= 4 is 38.3 Å². The number of benzene rings is 3. The van der Waals surface area contributed by atoms with Gasteiger partial charge < -0.3 is 10.1 Å². The number of anilines is 1. The van der Waals surface area contributed by atoms with Gasteiger partial charge in [0, 0.05) is 21.3 Å². The number of amides is 1. The van der Waals surface area contributed by atoms with Gasteiger partial charge in [0.15, 0.2) is 5.13 Å². The van der Waals surface area contributed by atoms with Crippen LogP contribution in [0.1, 0.15) is 27.5 Å². The summed E-state index contributed by atoms with van der Waals surface area (Å²) in [4.78, 5) is 19.3. The number of fused-ring (bicyclic) bond motifs is 3. The molecule has 0 unspecified atom stereocenters. The summed E-state index contributed by atoms with van der Waals surface area (Å²) in [6, 6.07) is 23.6. The van der Waals surface area contributed by atoms with Crippen LogP contribution in [0.3, 0.4) is 0 Å². The van der Waals surface area contributed by atoms with Crippen LogP contribution in [0.4, 0.5) is 5.13 Å². The highest BCUT2D eigenvalue weighted by atomic mass is 79.9. The molecule has 154 valence electrons. The van der Waals surface area contributed by atoms with Crippen molar-refractivity contribution in [3.8, 4) is 17.0 Å². The van der Waals surface area contributed by atoms with Crippen molar-refractivity contribution in [2.24, 2.45) is 0 Å². The molecule has 1 heterocycles. The van der Waals surface area contributed by atoms with Crippen LogP contribution in [-0.2, 0) is 11.2 Å². The topological polar surface area (TPSA) is 51.2 Å². The number of aromatic nitrogens is 1. The van der Waals surface area contributed by atoms with E-state index in [0.29, 0.717) is 5.13 Å². The molecule has 0 fully saturated rings. The Morgan fingerprint density at radius 3 is 2.29 bits per heavy atom. The molecule has 4 aromatic rings. The molecule has 1 aliphatic carbocycles. The molecule has 1 aliphatic rings. The Labute approximate surface area is 193 Å². The smallest absolute Gasteiger partial charge is 0.238 e. The monoisotopic (exact) mass is 490 g/mol. The van der Waals surface area contributed by atoms with Gasteiger partial charge in [0.1, 0.15) is 5.75 Å². The summed E-state index contributed by atoms with van der Waals surface area (Å²) in [6.45, 7) is 0. The second-order valence-corrected chi connectivity index (χ2v) is 9.25. The highest BCUT2D eigenvalue weighted by molar-refractivity contribution is 9.10. The van der Waals surface area contributed by atoms with E-state index in [9.17, 15) is 4.79 Å². The Morgan fingerprint density at radius 1 is 1.03 bits per heavy atom. The molecule has 1 N–H and O–H groups in total. The third-order valence-electron chi connectivity index (χ3n) is 5.47. The van der Waals surface area contributed by atoms with Crippen LogP contribution >= 0.6 is 27.3 Å². The van der Waals surface area contributed by atoms with Gasteiger partial charge in [-0.25, -0.2) is 4.98 Å². The number of rotatable bonds is 5. The van der Waals surface area contributed by atoms with E-state index in [1.807, 2.05) is 72.8 Å².